The van der Waals surface area contributed by atoms with E-state index in [1.165, 1.54) is 20.3 Å². The van der Waals surface area contributed by atoms with Crippen LogP contribution in [-0.2, 0) is 11.2 Å². The zero-order valence-corrected chi connectivity index (χ0v) is 22.0. The summed E-state index contributed by atoms with van der Waals surface area (Å²) >= 11 is 0. The number of hydrogen-bond acceptors (Lipinski definition) is 7. The van der Waals surface area contributed by atoms with Crippen molar-refractivity contribution in [1.82, 2.24) is 9.97 Å². The van der Waals surface area contributed by atoms with Crippen molar-refractivity contribution in [3.05, 3.63) is 82.9 Å². The number of aromatic carboxylic acids is 1. The average Bonchev–Trinajstić information content (AvgIpc) is 3.33. The quantitative estimate of drug-likeness (QED) is 0.288. The van der Waals surface area contributed by atoms with Crippen LogP contribution >= 0.6 is 0 Å². The minimum Gasteiger partial charge on any atom is -0.495 e. The van der Waals surface area contributed by atoms with E-state index < -0.39 is 12.1 Å². The first-order chi connectivity index (χ1) is 18.6. The van der Waals surface area contributed by atoms with Crippen LogP contribution in [0.4, 0.5) is 10.7 Å². The molecule has 0 saturated carbocycles. The third-order valence-electron chi connectivity index (χ3n) is 6.20. The van der Waals surface area contributed by atoms with Gasteiger partial charge in [0, 0.05) is 16.7 Å². The maximum atomic E-state index is 12.4. The number of methoxy groups -OCH3 is 2. The van der Waals surface area contributed by atoms with Crippen LogP contribution in [0.3, 0.4) is 0 Å². The summed E-state index contributed by atoms with van der Waals surface area (Å²) < 4.78 is 15.5. The number of ketones is 1. The van der Waals surface area contributed by atoms with Crippen LogP contribution in [0.25, 0.3) is 11.0 Å². The first-order valence-corrected chi connectivity index (χ1v) is 12.2. The minimum atomic E-state index is -0.977. The Kier molecular flexibility index (Phi) is 7.85. The summed E-state index contributed by atoms with van der Waals surface area (Å²) in [6.45, 7) is 4.04. The maximum absolute atomic E-state index is 12.4. The molecule has 10 heteroatoms. The molecule has 1 aliphatic rings. The van der Waals surface area contributed by atoms with E-state index in [2.05, 4.69) is 20.0 Å². The molecular formula is C29H29N3O7. The molecular weight excluding hydrogens is 502 g/mol. The Hall–Kier alpha value is -4.86. The van der Waals surface area contributed by atoms with E-state index in [0.717, 1.165) is 24.2 Å². The number of ether oxygens (including phenoxy) is 3. The fourth-order valence-corrected chi connectivity index (χ4v) is 4.23. The highest BCUT2D eigenvalue weighted by molar-refractivity contribution is 6.10. The van der Waals surface area contributed by atoms with Crippen LogP contribution in [0, 0.1) is 0 Å². The molecule has 0 atom stereocenters. The van der Waals surface area contributed by atoms with Crippen LogP contribution in [0.5, 0.6) is 11.5 Å². The van der Waals surface area contributed by atoms with Crippen LogP contribution in [0.15, 0.2) is 60.7 Å². The second-order valence-electron chi connectivity index (χ2n) is 9.42. The number of carboxylic acid groups (broad SMARTS) is 1. The van der Waals surface area contributed by atoms with Gasteiger partial charge < -0.3 is 24.3 Å². The monoisotopic (exact) mass is 531 g/mol. The topological polar surface area (TPSA) is 140 Å². The third-order valence-corrected chi connectivity index (χ3v) is 6.20. The van der Waals surface area contributed by atoms with Crippen molar-refractivity contribution in [1.29, 1.82) is 0 Å². The SMILES string of the molecule is COC(=O)Nc1nc2ccc(C(=O)c3ccccc3)cc2[nH]1.COc1c(C(=O)O)ccc2c1CCC(C)(C)O2. The molecule has 0 fully saturated rings. The largest absolute Gasteiger partial charge is 0.495 e. The second-order valence-corrected chi connectivity index (χ2v) is 9.42. The number of H-pyrrole nitrogens is 1. The molecule has 0 saturated heterocycles. The number of rotatable bonds is 5. The predicted molar refractivity (Wildman–Crippen MR) is 145 cm³/mol. The number of benzene rings is 3. The van der Waals surface area contributed by atoms with Gasteiger partial charge in [-0.1, -0.05) is 30.3 Å². The van der Waals surface area contributed by atoms with Crippen molar-refractivity contribution < 1.29 is 33.7 Å². The van der Waals surface area contributed by atoms with Gasteiger partial charge in [0.05, 0.1) is 25.3 Å². The number of aromatic nitrogens is 2. The molecule has 0 spiro atoms. The summed E-state index contributed by atoms with van der Waals surface area (Å²) in [5.74, 6) is 0.369. The molecule has 3 aromatic carbocycles. The number of nitrogens with one attached hydrogen (secondary N) is 2. The highest BCUT2D eigenvalue weighted by Crippen LogP contribution is 2.40. The highest BCUT2D eigenvalue weighted by atomic mass is 16.5. The smallest absolute Gasteiger partial charge is 0.413 e. The Morgan fingerprint density at radius 2 is 1.77 bits per heavy atom. The Bertz CT molecular complexity index is 1530. The highest BCUT2D eigenvalue weighted by Gasteiger charge is 2.30. The Labute approximate surface area is 224 Å². The van der Waals surface area contributed by atoms with Gasteiger partial charge in [-0.15, -0.1) is 0 Å². The normalized spacial score (nSPS) is 13.2. The number of carboxylic acids is 1. The van der Waals surface area contributed by atoms with E-state index >= 15 is 0 Å². The second kappa shape index (κ2) is 11.3. The lowest BCUT2D eigenvalue weighted by molar-refractivity contribution is 0.0689. The molecule has 0 bridgehead atoms. The first-order valence-electron chi connectivity index (χ1n) is 12.2. The summed E-state index contributed by atoms with van der Waals surface area (Å²) in [5.41, 5.74) is 3.31. The van der Waals surface area contributed by atoms with Crippen LogP contribution < -0.4 is 14.8 Å². The molecule has 1 amide bonds. The predicted octanol–water partition coefficient (Wildman–Crippen LogP) is 5.47. The molecule has 0 aliphatic carbocycles. The van der Waals surface area contributed by atoms with E-state index in [9.17, 15) is 14.4 Å². The Morgan fingerprint density at radius 1 is 1.03 bits per heavy atom. The van der Waals surface area contributed by atoms with Crippen molar-refractivity contribution in [2.24, 2.45) is 0 Å². The molecule has 4 aromatic rings. The van der Waals surface area contributed by atoms with Crippen molar-refractivity contribution in [2.75, 3.05) is 19.5 Å². The van der Waals surface area contributed by atoms with E-state index in [1.54, 1.807) is 36.4 Å². The van der Waals surface area contributed by atoms with Gasteiger partial charge >= 0.3 is 12.1 Å². The molecule has 202 valence electrons. The number of amides is 1. The number of carbonyl (C=O) groups is 3. The van der Waals surface area contributed by atoms with Crippen molar-refractivity contribution in [3.63, 3.8) is 0 Å². The van der Waals surface area contributed by atoms with Gasteiger partial charge in [-0.2, -0.15) is 0 Å². The number of fused-ring (bicyclic) bond motifs is 2. The fourth-order valence-electron chi connectivity index (χ4n) is 4.23. The van der Waals surface area contributed by atoms with Crippen molar-refractivity contribution in [3.8, 4) is 11.5 Å². The van der Waals surface area contributed by atoms with Crippen molar-refractivity contribution in [2.45, 2.75) is 32.3 Å². The number of anilines is 1. The molecule has 2 heterocycles. The number of nitrogens with zero attached hydrogens (tertiary/aromatic N) is 1. The summed E-state index contributed by atoms with van der Waals surface area (Å²) in [6.07, 6.45) is 1.01. The van der Waals surface area contributed by atoms with Gasteiger partial charge in [-0.25, -0.2) is 14.6 Å². The van der Waals surface area contributed by atoms with Gasteiger partial charge in [0.15, 0.2) is 5.78 Å². The maximum Gasteiger partial charge on any atom is 0.413 e. The average molecular weight is 532 g/mol. The number of imidazole rings is 1. The molecule has 0 radical (unpaired) electrons. The first kappa shape index (κ1) is 27.2. The molecule has 10 nitrogen and oxygen atoms in total. The molecule has 39 heavy (non-hydrogen) atoms. The Morgan fingerprint density at radius 3 is 2.44 bits per heavy atom. The standard InChI is InChI=1S/C16H13N3O3.C13H16O4/c1-22-16(21)19-15-17-12-8-7-11(9-13(12)18-15)14(20)10-5-3-2-4-6-10;1-13(2)7-6-8-10(17-13)5-4-9(12(14)15)11(8)16-3/h2-9H,1H3,(H2,17,18,19,21);4-5H,6-7H2,1-3H3,(H,14,15). The zero-order valence-electron chi connectivity index (χ0n) is 22.0. The molecule has 5 rings (SSSR count). The number of carbonyl (C=O) groups excluding carboxylic acids is 2. The lowest BCUT2D eigenvalue weighted by atomic mass is 9.92. The van der Waals surface area contributed by atoms with Crippen LogP contribution in [0.1, 0.15) is 52.1 Å². The lowest BCUT2D eigenvalue weighted by Gasteiger charge is -2.33. The molecule has 0 unspecified atom stereocenters. The molecule has 3 N–H and O–H groups in total. The lowest BCUT2D eigenvalue weighted by Crippen LogP contribution is -2.32. The fraction of sp³-hybridized carbons (Fsp3) is 0.241. The van der Waals surface area contributed by atoms with E-state index in [-0.39, 0.29) is 22.9 Å². The van der Waals surface area contributed by atoms with Gasteiger partial charge in [-0.05, 0) is 57.0 Å². The van der Waals surface area contributed by atoms with Crippen LogP contribution in [0.2, 0.25) is 0 Å². The van der Waals surface area contributed by atoms with Gasteiger partial charge in [0.2, 0.25) is 5.95 Å². The van der Waals surface area contributed by atoms with Gasteiger partial charge in [-0.3, -0.25) is 10.1 Å². The van der Waals surface area contributed by atoms with E-state index in [1.807, 2.05) is 32.0 Å². The van der Waals surface area contributed by atoms with E-state index in [4.69, 9.17) is 14.6 Å². The summed E-state index contributed by atoms with van der Waals surface area (Å²) in [6, 6.07) is 17.4. The van der Waals surface area contributed by atoms with Gasteiger partial charge in [0.25, 0.3) is 0 Å². The number of hydrogen-bond donors (Lipinski definition) is 3. The summed E-state index contributed by atoms with van der Waals surface area (Å²) in [5, 5.41) is 11.5. The zero-order chi connectivity index (χ0) is 28.2. The number of aromatic amines is 1. The Balaban J connectivity index is 0.000000187. The van der Waals surface area contributed by atoms with Crippen molar-refractivity contribution >= 4 is 34.8 Å². The summed E-state index contributed by atoms with van der Waals surface area (Å²) in [7, 11) is 2.76. The van der Waals surface area contributed by atoms with E-state index in [0.29, 0.717) is 27.9 Å². The third kappa shape index (κ3) is 6.18. The minimum absolute atomic E-state index is 0.0698. The molecule has 1 aliphatic heterocycles. The molecule has 1 aromatic heterocycles. The summed E-state index contributed by atoms with van der Waals surface area (Å²) in [4.78, 5) is 41.8. The van der Waals surface area contributed by atoms with Crippen LogP contribution in [-0.4, -0.2) is 52.7 Å². The van der Waals surface area contributed by atoms with Gasteiger partial charge in [0.1, 0.15) is 22.7 Å².